The number of phosphoric acid groups is 1. The van der Waals surface area contributed by atoms with Crippen LogP contribution in [0.2, 0.25) is 0 Å². The Kier molecular flexibility index (Phi) is 52.0. The topological polar surface area (TPSA) is 374 Å². The molecule has 3 aliphatic rings. The summed E-state index contributed by atoms with van der Waals surface area (Å²) < 4.78 is 65.1. The molecule has 2 heterocycles. The molecule has 0 aromatic carbocycles. The third-order valence-electron chi connectivity index (χ3n) is 19.2. The van der Waals surface area contributed by atoms with Crippen molar-refractivity contribution < 1.29 is 117 Å². The van der Waals surface area contributed by atoms with Gasteiger partial charge in [-0.05, 0) is 70.6 Å². The van der Waals surface area contributed by atoms with E-state index in [1.165, 1.54) is 116 Å². The van der Waals surface area contributed by atoms with Crippen LogP contribution in [0.25, 0.3) is 0 Å². The Morgan fingerprint density at radius 2 is 0.700 bits per heavy atom. The number of aliphatic hydroxyl groups excluding tert-OH is 10. The number of hydrogen-bond acceptors (Lipinski definition) is 23. The van der Waals surface area contributed by atoms with Crippen LogP contribution in [0.1, 0.15) is 303 Å². The Labute approximate surface area is 598 Å². The predicted molar refractivity (Wildman–Crippen MR) is 379 cm³/mol. The highest BCUT2D eigenvalue weighted by Crippen LogP contribution is 2.49. The van der Waals surface area contributed by atoms with E-state index in [0.717, 1.165) is 128 Å². The van der Waals surface area contributed by atoms with E-state index in [4.69, 9.17) is 42.2 Å². The molecule has 11 N–H and O–H groups in total. The second-order valence-electron chi connectivity index (χ2n) is 28.1. The summed E-state index contributed by atoms with van der Waals surface area (Å²) in [6, 6.07) is 0. The molecule has 1 saturated carbocycles. The molecule has 18 atom stereocenters. The maximum Gasteiger partial charge on any atom is 0.472 e. The Morgan fingerprint density at radius 3 is 1.09 bits per heavy atom. The lowest BCUT2D eigenvalue weighted by atomic mass is 9.84. The number of allylic oxidation sites excluding steroid dienone is 4. The van der Waals surface area contributed by atoms with Gasteiger partial charge in [-0.25, -0.2) is 4.57 Å². The Balaban J connectivity index is 1.72. The smallest absolute Gasteiger partial charge is 0.463 e. The van der Waals surface area contributed by atoms with Crippen LogP contribution in [0.3, 0.4) is 0 Å². The Hall–Kier alpha value is -2.56. The van der Waals surface area contributed by atoms with Crippen LogP contribution in [-0.2, 0) is 61.2 Å². The summed E-state index contributed by atoms with van der Waals surface area (Å²) in [5, 5.41) is 110. The number of esters is 3. The van der Waals surface area contributed by atoms with Crippen molar-refractivity contribution in [2.45, 2.75) is 407 Å². The van der Waals surface area contributed by atoms with E-state index >= 15 is 0 Å². The number of unbranched alkanes of at least 4 members (excludes halogenated alkanes) is 36. The Morgan fingerprint density at radius 1 is 0.380 bits per heavy atom. The molecule has 2 aliphatic heterocycles. The van der Waals surface area contributed by atoms with E-state index in [1.807, 2.05) is 0 Å². The molecule has 24 nitrogen and oxygen atoms in total. The number of aliphatic hydroxyl groups is 10. The first-order chi connectivity index (χ1) is 48.3. The number of ether oxygens (including phenoxy) is 7. The van der Waals surface area contributed by atoms with E-state index in [9.17, 15) is 74.9 Å². The molecule has 3 fully saturated rings. The second kappa shape index (κ2) is 56.7. The molecule has 1 aliphatic carbocycles. The molecule has 2 saturated heterocycles. The fraction of sp³-hybridized carbons (Fsp3) is 0.907. The van der Waals surface area contributed by atoms with Gasteiger partial charge in [-0.3, -0.25) is 23.4 Å². The van der Waals surface area contributed by atoms with Crippen molar-refractivity contribution >= 4 is 25.7 Å². The summed E-state index contributed by atoms with van der Waals surface area (Å²) in [5.74, 6) is -1.99. The molecule has 0 amide bonds. The maximum atomic E-state index is 14.4. The van der Waals surface area contributed by atoms with Crippen molar-refractivity contribution in [3.8, 4) is 0 Å². The van der Waals surface area contributed by atoms with Gasteiger partial charge in [0.2, 0.25) is 0 Å². The molecule has 586 valence electrons. The minimum absolute atomic E-state index is 0.0236. The van der Waals surface area contributed by atoms with Crippen LogP contribution >= 0.6 is 7.82 Å². The van der Waals surface area contributed by atoms with Gasteiger partial charge >= 0.3 is 25.7 Å². The van der Waals surface area contributed by atoms with E-state index < -0.39 is 156 Å². The normalized spacial score (nSPS) is 27.4. The summed E-state index contributed by atoms with van der Waals surface area (Å²) in [4.78, 5) is 51.1. The molecule has 100 heavy (non-hydrogen) atoms. The molecule has 0 aromatic rings. The van der Waals surface area contributed by atoms with Crippen LogP contribution in [0.5, 0.6) is 0 Å². The molecule has 18 unspecified atom stereocenters. The monoisotopic (exact) mass is 1450 g/mol. The van der Waals surface area contributed by atoms with Crippen LogP contribution in [0.4, 0.5) is 0 Å². The van der Waals surface area contributed by atoms with Crippen LogP contribution in [0.15, 0.2) is 24.3 Å². The van der Waals surface area contributed by atoms with Crippen molar-refractivity contribution in [1.82, 2.24) is 0 Å². The lowest BCUT2D eigenvalue weighted by molar-refractivity contribution is -0.360. The van der Waals surface area contributed by atoms with E-state index in [2.05, 4.69) is 45.1 Å². The van der Waals surface area contributed by atoms with Gasteiger partial charge in [-0.2, -0.15) is 0 Å². The summed E-state index contributed by atoms with van der Waals surface area (Å²) >= 11 is 0. The largest absolute Gasteiger partial charge is 0.472 e. The third kappa shape index (κ3) is 39.2. The molecule has 0 radical (unpaired) electrons. The number of hydrogen-bond donors (Lipinski definition) is 11. The fourth-order valence-corrected chi connectivity index (χ4v) is 13.8. The van der Waals surface area contributed by atoms with Crippen LogP contribution < -0.4 is 0 Å². The quantitative estimate of drug-likeness (QED) is 0.00886. The highest BCUT2D eigenvalue weighted by Gasteiger charge is 2.58. The number of carbonyl (C=O) groups is 3. The van der Waals surface area contributed by atoms with Gasteiger partial charge in [0, 0.05) is 19.3 Å². The zero-order valence-electron chi connectivity index (χ0n) is 61.2. The Bertz CT molecular complexity index is 2160. The van der Waals surface area contributed by atoms with E-state index in [0.29, 0.717) is 19.3 Å². The molecular weight excluding hydrogens is 1320 g/mol. The number of carbonyl (C=O) groups excluding carboxylic acids is 3. The van der Waals surface area contributed by atoms with Gasteiger partial charge in [0.25, 0.3) is 0 Å². The molecule has 3 rings (SSSR count). The summed E-state index contributed by atoms with van der Waals surface area (Å²) in [6.45, 7) is 3.44. The van der Waals surface area contributed by atoms with Gasteiger partial charge < -0.3 is 89.1 Å². The van der Waals surface area contributed by atoms with Crippen molar-refractivity contribution in [1.29, 1.82) is 0 Å². The minimum atomic E-state index is -5.70. The van der Waals surface area contributed by atoms with Gasteiger partial charge in [0.05, 0.1) is 13.2 Å². The minimum Gasteiger partial charge on any atom is -0.463 e. The fourth-order valence-electron chi connectivity index (χ4n) is 12.8. The van der Waals surface area contributed by atoms with E-state index in [-0.39, 0.29) is 19.3 Å². The molecule has 0 spiro atoms. The summed E-state index contributed by atoms with van der Waals surface area (Å²) in [5.41, 5.74) is 0. The lowest BCUT2D eigenvalue weighted by Crippen LogP contribution is -2.69. The highest BCUT2D eigenvalue weighted by molar-refractivity contribution is 7.47. The standard InChI is InChI=1S/C75H137O24P/c1-4-7-10-13-16-19-22-25-28-31-34-37-40-43-46-49-59(77)91-53-56(94-61(79)51-48-45-42-39-36-33-30-27-24-21-18-15-12-9-6-3)54-93-100(89,90)99-73-71(97-74-69(87)64(82)62(80)57(52-76)95-74)67(85)66(84)68(86)72(73)98-75-70(88)65(83)63(81)58(96-75)55-92-60(78)50-47-44-41-38-35-32-29-26-23-20-17-14-11-8-5-2/h20-21,23-24,56-58,62-76,80-88H,4-19,22,25-55H2,1-3H3,(H,89,90)/b23-20-,24-21-. The van der Waals surface area contributed by atoms with Crippen molar-refractivity contribution in [3.63, 3.8) is 0 Å². The average Bonchev–Trinajstić information content (AvgIpc) is 0.762. The molecule has 0 bridgehead atoms. The van der Waals surface area contributed by atoms with Crippen LogP contribution in [0, 0.1) is 0 Å². The number of rotatable bonds is 61. The van der Waals surface area contributed by atoms with Gasteiger partial charge in [0.1, 0.15) is 98.7 Å². The number of phosphoric ester groups is 1. The SMILES string of the molecule is CCCCCC/C=C\CCCCCCCCCC(=O)OCC1OC(OC2C(O)C(O)C(O)C(OC3OC(CO)C(O)C(O)C3O)C2OP(=O)(O)OCC(COC(=O)CCCCCCCCCCCCCCCCC)OC(=O)CCCCCCCCC/C=C\CCCCCC)C(O)C(O)C1O. The first-order valence-corrected chi connectivity index (χ1v) is 40.6. The zero-order chi connectivity index (χ0) is 73.2. The van der Waals surface area contributed by atoms with Gasteiger partial charge in [-0.15, -0.1) is 0 Å². The molecule has 0 aromatic heterocycles. The highest BCUT2D eigenvalue weighted by atomic mass is 31.2. The van der Waals surface area contributed by atoms with Gasteiger partial charge in [-0.1, -0.05) is 238 Å². The van der Waals surface area contributed by atoms with Gasteiger partial charge in [0.15, 0.2) is 18.7 Å². The zero-order valence-corrected chi connectivity index (χ0v) is 62.1. The second-order valence-corrected chi connectivity index (χ2v) is 29.5. The predicted octanol–water partition coefficient (Wildman–Crippen LogP) is 11.3. The van der Waals surface area contributed by atoms with Crippen molar-refractivity contribution in [2.75, 3.05) is 26.4 Å². The molecular formula is C75H137O24P. The average molecular weight is 1450 g/mol. The summed E-state index contributed by atoms with van der Waals surface area (Å²) in [7, 11) is -5.70. The van der Waals surface area contributed by atoms with E-state index in [1.54, 1.807) is 0 Å². The third-order valence-corrected chi connectivity index (χ3v) is 20.2. The van der Waals surface area contributed by atoms with Crippen molar-refractivity contribution in [3.05, 3.63) is 24.3 Å². The summed E-state index contributed by atoms with van der Waals surface area (Å²) in [6.07, 6.45) is 17.9. The first-order valence-electron chi connectivity index (χ1n) is 39.1. The maximum absolute atomic E-state index is 14.4. The molecule has 25 heteroatoms. The van der Waals surface area contributed by atoms with Crippen molar-refractivity contribution in [2.24, 2.45) is 0 Å². The van der Waals surface area contributed by atoms with Crippen LogP contribution in [-0.4, -0.2) is 204 Å². The lowest BCUT2D eigenvalue weighted by Gasteiger charge is -2.49. The first kappa shape index (κ1) is 91.6.